The molecule has 0 spiro atoms. The Morgan fingerprint density at radius 1 is 0.619 bits per heavy atom. The molecule has 2 fully saturated rings. The minimum atomic E-state index is -1.65. The van der Waals surface area contributed by atoms with Crippen LogP contribution in [-0.2, 0) is 66.6 Å². The molecule has 0 bridgehead atoms. The summed E-state index contributed by atoms with van der Waals surface area (Å²) in [5.41, 5.74) is 0. The minimum absolute atomic E-state index is 0.468. The minimum Gasteiger partial charge on any atom is -0.463 e. The first-order valence-corrected chi connectivity index (χ1v) is 13.3. The van der Waals surface area contributed by atoms with Gasteiger partial charge in [-0.3, -0.25) is 24.0 Å². The van der Waals surface area contributed by atoms with Crippen molar-refractivity contribution in [3.05, 3.63) is 0 Å². The second kappa shape index (κ2) is 15.7. The molecule has 238 valence electrons. The van der Waals surface area contributed by atoms with E-state index in [4.69, 9.17) is 42.6 Å². The lowest BCUT2D eigenvalue weighted by molar-refractivity contribution is -0.357. The summed E-state index contributed by atoms with van der Waals surface area (Å²) in [5.74, 6) is -4.24. The molecule has 16 nitrogen and oxygen atoms in total. The Hall–Kier alpha value is -3.50. The smallest absolute Gasteiger partial charge is 0.407 e. The van der Waals surface area contributed by atoms with Gasteiger partial charge in [0.25, 0.3) is 0 Å². The van der Waals surface area contributed by atoms with Gasteiger partial charge in [0.15, 0.2) is 30.7 Å². The molecule has 2 aliphatic heterocycles. The fourth-order valence-electron chi connectivity index (χ4n) is 4.72. The van der Waals surface area contributed by atoms with Crippen molar-refractivity contribution in [2.75, 3.05) is 13.7 Å². The number of amides is 1. The monoisotopic (exact) mass is 605 g/mol. The Kier molecular flexibility index (Phi) is 12.9. The Bertz CT molecular complexity index is 1000. The molecule has 1 N–H and O–H groups in total. The third-order valence-corrected chi connectivity index (χ3v) is 6.38. The lowest BCUT2D eigenvalue weighted by Crippen LogP contribution is -2.66. The second-order valence-corrected chi connectivity index (χ2v) is 9.71. The zero-order chi connectivity index (χ0) is 31.7. The standard InChI is InChI=1S/C26H39NO15/c1-9-17-11(2)19(35-13(4)29)22(24(39-17)38-16(7)32)41-25-23(37-15(6)31)21(42-26(33)27-8)20(36-14(5)30)18(40-25)10-34-12(3)28/h11,17-25H,9-10H2,1-8H3,(H,27,33)/t11-,17+,18-,19+,20-,21-,22+,23+,24+,25-/m1/s1. The quantitative estimate of drug-likeness (QED) is 0.267. The fourth-order valence-corrected chi connectivity index (χ4v) is 4.72. The average Bonchev–Trinajstić information content (AvgIpc) is 2.88. The van der Waals surface area contributed by atoms with Crippen molar-refractivity contribution in [1.29, 1.82) is 0 Å². The topological polar surface area (TPSA) is 198 Å². The van der Waals surface area contributed by atoms with Crippen LogP contribution in [0.4, 0.5) is 4.79 Å². The Balaban J connectivity index is 2.63. The van der Waals surface area contributed by atoms with Gasteiger partial charge in [0.05, 0.1) is 6.10 Å². The van der Waals surface area contributed by atoms with E-state index in [-0.39, 0.29) is 0 Å². The first-order chi connectivity index (χ1) is 19.7. The van der Waals surface area contributed by atoms with Crippen LogP contribution in [0.15, 0.2) is 0 Å². The van der Waals surface area contributed by atoms with Crippen molar-refractivity contribution in [1.82, 2.24) is 5.32 Å². The van der Waals surface area contributed by atoms with Crippen molar-refractivity contribution < 1.29 is 71.4 Å². The van der Waals surface area contributed by atoms with Gasteiger partial charge in [-0.25, -0.2) is 4.79 Å². The molecule has 2 rings (SSSR count). The Labute approximate surface area is 242 Å². The fraction of sp³-hybridized carbons (Fsp3) is 0.769. The Morgan fingerprint density at radius 2 is 1.14 bits per heavy atom. The highest BCUT2D eigenvalue weighted by molar-refractivity contribution is 5.69. The van der Waals surface area contributed by atoms with E-state index in [0.717, 1.165) is 27.7 Å². The van der Waals surface area contributed by atoms with Crippen LogP contribution in [0.1, 0.15) is 54.9 Å². The van der Waals surface area contributed by atoms with Crippen LogP contribution in [0.3, 0.4) is 0 Å². The summed E-state index contributed by atoms with van der Waals surface area (Å²) in [6.07, 6.45) is -12.4. The van der Waals surface area contributed by atoms with E-state index in [0.29, 0.717) is 6.42 Å². The molecule has 2 saturated heterocycles. The van der Waals surface area contributed by atoms with Crippen LogP contribution >= 0.6 is 0 Å². The van der Waals surface area contributed by atoms with Crippen LogP contribution in [0.25, 0.3) is 0 Å². The molecule has 0 aromatic carbocycles. The number of carbonyl (C=O) groups excluding carboxylic acids is 6. The number of carbonyl (C=O) groups is 6. The van der Waals surface area contributed by atoms with Gasteiger partial charge in [-0.05, 0) is 6.42 Å². The Morgan fingerprint density at radius 3 is 1.64 bits per heavy atom. The lowest BCUT2D eigenvalue weighted by Gasteiger charge is -2.48. The largest absolute Gasteiger partial charge is 0.463 e. The van der Waals surface area contributed by atoms with Crippen LogP contribution in [0, 0.1) is 5.92 Å². The van der Waals surface area contributed by atoms with Crippen molar-refractivity contribution >= 4 is 35.9 Å². The van der Waals surface area contributed by atoms with Gasteiger partial charge in [-0.1, -0.05) is 13.8 Å². The second-order valence-electron chi connectivity index (χ2n) is 9.71. The number of esters is 5. The summed E-state index contributed by atoms with van der Waals surface area (Å²) in [6, 6.07) is 0. The number of hydrogen-bond acceptors (Lipinski definition) is 15. The van der Waals surface area contributed by atoms with E-state index in [1.165, 1.54) is 14.0 Å². The van der Waals surface area contributed by atoms with Crippen molar-refractivity contribution in [3.8, 4) is 0 Å². The molecule has 10 atom stereocenters. The molecule has 0 radical (unpaired) electrons. The zero-order valence-electron chi connectivity index (χ0n) is 24.8. The predicted octanol–water partition coefficient (Wildman–Crippen LogP) is 0.513. The molecule has 0 aromatic rings. The van der Waals surface area contributed by atoms with E-state index in [1.54, 1.807) is 6.92 Å². The summed E-state index contributed by atoms with van der Waals surface area (Å²) in [5, 5.41) is 2.25. The van der Waals surface area contributed by atoms with Gasteiger partial charge in [0, 0.05) is 47.6 Å². The normalized spacial score (nSPS) is 32.5. The van der Waals surface area contributed by atoms with Gasteiger partial charge in [0.2, 0.25) is 6.29 Å². The maximum atomic E-state index is 12.4. The third kappa shape index (κ3) is 9.52. The van der Waals surface area contributed by atoms with E-state index >= 15 is 0 Å². The van der Waals surface area contributed by atoms with E-state index in [1.807, 2.05) is 6.92 Å². The molecule has 2 aliphatic rings. The van der Waals surface area contributed by atoms with Gasteiger partial charge < -0.3 is 47.9 Å². The lowest BCUT2D eigenvalue weighted by atomic mass is 9.88. The summed E-state index contributed by atoms with van der Waals surface area (Å²) >= 11 is 0. The predicted molar refractivity (Wildman–Crippen MR) is 136 cm³/mol. The SMILES string of the molecule is CC[C@@H]1O[C@H](OC(C)=O)[C@@H](O[C@H]2O[C@H](COC(C)=O)[C@@H](OC(C)=O)[C@@H](OC(=O)NC)[C@@H]2OC(C)=O)[C@@H](OC(C)=O)[C@@H]1C. The number of alkyl carbamates (subject to hydrolysis) is 1. The maximum absolute atomic E-state index is 12.4. The van der Waals surface area contributed by atoms with Crippen LogP contribution in [0.5, 0.6) is 0 Å². The van der Waals surface area contributed by atoms with Crippen molar-refractivity contribution in [2.45, 2.75) is 110 Å². The summed E-state index contributed by atoms with van der Waals surface area (Å²) < 4.78 is 50.5. The molecule has 42 heavy (non-hydrogen) atoms. The number of ether oxygens (including phenoxy) is 9. The van der Waals surface area contributed by atoms with E-state index < -0.39 is 104 Å². The first kappa shape index (κ1) is 34.7. The highest BCUT2D eigenvalue weighted by Gasteiger charge is 2.56. The molecule has 1 amide bonds. The number of rotatable bonds is 10. The van der Waals surface area contributed by atoms with E-state index in [9.17, 15) is 28.8 Å². The van der Waals surface area contributed by atoms with Crippen molar-refractivity contribution in [2.24, 2.45) is 5.92 Å². The average molecular weight is 606 g/mol. The first-order valence-electron chi connectivity index (χ1n) is 13.3. The number of nitrogens with one attached hydrogen (secondary N) is 1. The van der Waals surface area contributed by atoms with Crippen LogP contribution in [0.2, 0.25) is 0 Å². The summed E-state index contributed by atoms with van der Waals surface area (Å²) in [7, 11) is 1.27. The molecule has 0 aliphatic carbocycles. The molecule has 2 heterocycles. The zero-order valence-corrected chi connectivity index (χ0v) is 24.8. The van der Waals surface area contributed by atoms with Gasteiger partial charge in [-0.15, -0.1) is 0 Å². The molecule has 0 saturated carbocycles. The molecular weight excluding hydrogens is 566 g/mol. The van der Waals surface area contributed by atoms with Gasteiger partial charge >= 0.3 is 35.9 Å². The number of hydrogen-bond donors (Lipinski definition) is 1. The maximum Gasteiger partial charge on any atom is 0.407 e. The van der Waals surface area contributed by atoms with E-state index in [2.05, 4.69) is 5.32 Å². The molecule has 0 unspecified atom stereocenters. The third-order valence-electron chi connectivity index (χ3n) is 6.38. The van der Waals surface area contributed by atoms with Gasteiger partial charge in [0.1, 0.15) is 18.8 Å². The molecule has 16 heteroatoms. The van der Waals surface area contributed by atoms with Gasteiger partial charge in [-0.2, -0.15) is 0 Å². The van der Waals surface area contributed by atoms with Crippen LogP contribution < -0.4 is 5.32 Å². The molecular formula is C26H39NO15. The van der Waals surface area contributed by atoms with Crippen LogP contribution in [-0.4, -0.2) is 105 Å². The molecule has 0 aromatic heterocycles. The summed E-state index contributed by atoms with van der Waals surface area (Å²) in [6.45, 7) is 8.69. The summed E-state index contributed by atoms with van der Waals surface area (Å²) in [4.78, 5) is 72.3. The highest BCUT2D eigenvalue weighted by atomic mass is 16.8. The highest BCUT2D eigenvalue weighted by Crippen LogP contribution is 2.36. The van der Waals surface area contributed by atoms with Crippen molar-refractivity contribution in [3.63, 3.8) is 0 Å².